The molecule has 72 valence electrons. The van der Waals surface area contributed by atoms with Gasteiger partial charge in [-0.1, -0.05) is 64.7 Å². The summed E-state index contributed by atoms with van der Waals surface area (Å²) in [5.74, 6) is 0. The zero-order chi connectivity index (χ0) is 9.07. The van der Waals surface area contributed by atoms with Crippen molar-refractivity contribution in [2.75, 3.05) is 0 Å². The van der Waals surface area contributed by atoms with Gasteiger partial charge in [-0.25, -0.2) is 0 Å². The van der Waals surface area contributed by atoms with Gasteiger partial charge >= 0.3 is 18.9 Å². The fraction of sp³-hybridized carbons (Fsp3) is 0.833. The van der Waals surface area contributed by atoms with E-state index in [0.717, 1.165) is 6.42 Å². The average molecular weight is 174 g/mol. The van der Waals surface area contributed by atoms with Gasteiger partial charge in [0.1, 0.15) is 0 Å². The van der Waals surface area contributed by atoms with Gasteiger partial charge in [0.05, 0.1) is 0 Å². The Bertz CT molecular complexity index is 89.1. The monoisotopic (exact) mass is 174 g/mol. The second-order valence-corrected chi connectivity index (χ2v) is 3.50. The quantitative estimate of drug-likeness (QED) is 0.282. The minimum atomic E-state index is 0. The van der Waals surface area contributed by atoms with Crippen molar-refractivity contribution in [2.45, 2.75) is 64.7 Å². The molecule has 0 spiro atoms. The van der Waals surface area contributed by atoms with Crippen molar-refractivity contribution < 1.29 is 18.9 Å². The smallest absolute Gasteiger partial charge is 0.518 e. The topological polar surface area (TPSA) is 0 Å². The summed E-state index contributed by atoms with van der Waals surface area (Å²) < 4.78 is 0. The maximum atomic E-state index is 5.28. The Hall–Kier alpha value is 0.337. The van der Waals surface area contributed by atoms with Gasteiger partial charge in [0.2, 0.25) is 0 Å². The Morgan fingerprint density at radius 2 is 1.31 bits per heavy atom. The first kappa shape index (κ1) is 15.8. The molecule has 1 heteroatoms. The van der Waals surface area contributed by atoms with Crippen molar-refractivity contribution in [3.05, 3.63) is 12.7 Å². The van der Waals surface area contributed by atoms with Crippen LogP contribution in [0.4, 0.5) is 0 Å². The summed E-state index contributed by atoms with van der Waals surface area (Å²) in [6.45, 7) is 7.54. The average Bonchev–Trinajstić information content (AvgIpc) is 2.10. The molecule has 0 N–H and O–H groups in total. The van der Waals surface area contributed by atoms with Gasteiger partial charge in [0.15, 0.2) is 0 Å². The number of allylic oxidation sites excluding steroid dienone is 1. The normalized spacial score (nSPS) is 9.31. The Morgan fingerprint density at radius 3 is 1.77 bits per heavy atom. The molecule has 0 atom stereocenters. The van der Waals surface area contributed by atoms with Crippen LogP contribution in [-0.2, 0) is 0 Å². The first-order valence-electron chi connectivity index (χ1n) is 5.45. The van der Waals surface area contributed by atoms with E-state index in [1.54, 1.807) is 6.08 Å². The maximum absolute atomic E-state index is 5.28. The molecule has 0 nitrogen and oxygen atoms in total. The molecular weight excluding hydrogens is 151 g/mol. The van der Waals surface area contributed by atoms with Crippen LogP contribution in [-0.4, -0.2) is 0 Å². The van der Waals surface area contributed by atoms with E-state index in [0.29, 0.717) is 0 Å². The standard InChI is InChI=1S/C12H23.Li/c1-3-5-7-9-11-12-10-8-6-4-2;/h1,3H,4-12H2,2H3;/q-1;+1. The van der Waals surface area contributed by atoms with Crippen LogP contribution in [0, 0.1) is 6.58 Å². The number of unbranched alkanes of at least 4 members (excludes halogenated alkanes) is 8. The van der Waals surface area contributed by atoms with Crippen LogP contribution >= 0.6 is 0 Å². The summed E-state index contributed by atoms with van der Waals surface area (Å²) in [6.07, 6.45) is 14.0. The minimum Gasteiger partial charge on any atom is -0.518 e. The molecule has 0 aromatic rings. The molecule has 0 unspecified atom stereocenters. The Morgan fingerprint density at radius 1 is 0.846 bits per heavy atom. The third-order valence-corrected chi connectivity index (χ3v) is 2.22. The fourth-order valence-corrected chi connectivity index (χ4v) is 1.40. The maximum Gasteiger partial charge on any atom is 1.00 e. The van der Waals surface area contributed by atoms with Crippen molar-refractivity contribution in [1.29, 1.82) is 0 Å². The largest absolute Gasteiger partial charge is 1.00 e. The predicted molar refractivity (Wildman–Crippen MR) is 56.1 cm³/mol. The Balaban J connectivity index is 0. The molecule has 0 heterocycles. The van der Waals surface area contributed by atoms with Crippen LogP contribution in [0.2, 0.25) is 0 Å². The van der Waals surface area contributed by atoms with Gasteiger partial charge in [0.25, 0.3) is 0 Å². The van der Waals surface area contributed by atoms with E-state index in [-0.39, 0.29) is 18.9 Å². The van der Waals surface area contributed by atoms with Crippen LogP contribution in [0.25, 0.3) is 0 Å². The van der Waals surface area contributed by atoms with Crippen LogP contribution in [0.1, 0.15) is 64.7 Å². The Labute approximate surface area is 96.4 Å². The van der Waals surface area contributed by atoms with Crippen LogP contribution < -0.4 is 18.9 Å². The summed E-state index contributed by atoms with van der Waals surface area (Å²) in [6, 6.07) is 0. The van der Waals surface area contributed by atoms with Gasteiger partial charge in [-0.2, -0.15) is 0 Å². The first-order valence-corrected chi connectivity index (χ1v) is 5.45. The molecule has 0 aromatic heterocycles. The second kappa shape index (κ2) is 14.8. The van der Waals surface area contributed by atoms with Crippen molar-refractivity contribution in [3.63, 3.8) is 0 Å². The van der Waals surface area contributed by atoms with Gasteiger partial charge in [0, 0.05) is 0 Å². The van der Waals surface area contributed by atoms with Crippen LogP contribution in [0.15, 0.2) is 6.08 Å². The van der Waals surface area contributed by atoms with Crippen molar-refractivity contribution >= 4 is 0 Å². The molecule has 0 aliphatic heterocycles. The van der Waals surface area contributed by atoms with Crippen molar-refractivity contribution in [3.8, 4) is 0 Å². The van der Waals surface area contributed by atoms with E-state index < -0.39 is 0 Å². The van der Waals surface area contributed by atoms with Gasteiger partial charge in [-0.3, -0.25) is 6.08 Å². The molecule has 0 saturated carbocycles. The molecule has 0 aromatic carbocycles. The molecule has 0 fully saturated rings. The van der Waals surface area contributed by atoms with E-state index >= 15 is 0 Å². The van der Waals surface area contributed by atoms with Crippen LogP contribution in [0.5, 0.6) is 0 Å². The molecule has 0 aliphatic rings. The zero-order valence-corrected chi connectivity index (χ0v) is 9.52. The summed E-state index contributed by atoms with van der Waals surface area (Å²) in [5.41, 5.74) is 0. The molecule has 0 aliphatic carbocycles. The van der Waals surface area contributed by atoms with E-state index in [1.165, 1.54) is 51.4 Å². The predicted octanol–water partition coefficient (Wildman–Crippen LogP) is 1.51. The molecular formula is C12H23Li. The Kier molecular flexibility index (Phi) is 18.0. The fourth-order valence-electron chi connectivity index (χ4n) is 1.40. The van der Waals surface area contributed by atoms with Crippen molar-refractivity contribution in [2.24, 2.45) is 0 Å². The van der Waals surface area contributed by atoms with Crippen LogP contribution in [0.3, 0.4) is 0 Å². The molecule has 0 amide bonds. The summed E-state index contributed by atoms with van der Waals surface area (Å²) in [7, 11) is 0. The number of rotatable bonds is 9. The van der Waals surface area contributed by atoms with Gasteiger partial charge in [-0.15, -0.1) is 0 Å². The number of hydrogen-bond donors (Lipinski definition) is 0. The summed E-state index contributed by atoms with van der Waals surface area (Å²) in [5, 5.41) is 0. The summed E-state index contributed by atoms with van der Waals surface area (Å²) in [4.78, 5) is 0. The third-order valence-electron chi connectivity index (χ3n) is 2.22. The second-order valence-electron chi connectivity index (χ2n) is 3.50. The van der Waals surface area contributed by atoms with E-state index in [9.17, 15) is 0 Å². The first-order chi connectivity index (χ1) is 5.91. The molecule has 0 radical (unpaired) electrons. The van der Waals surface area contributed by atoms with E-state index in [4.69, 9.17) is 6.58 Å². The molecule has 0 rings (SSSR count). The van der Waals surface area contributed by atoms with E-state index in [1.807, 2.05) is 0 Å². The van der Waals surface area contributed by atoms with Crippen molar-refractivity contribution in [1.82, 2.24) is 0 Å². The molecule has 0 saturated heterocycles. The minimum absolute atomic E-state index is 0. The SMILES string of the molecule is [CH-]=CCCCCCCCCCC.[Li+]. The molecule has 0 bridgehead atoms. The summed E-state index contributed by atoms with van der Waals surface area (Å²) >= 11 is 0. The van der Waals surface area contributed by atoms with E-state index in [2.05, 4.69) is 6.92 Å². The zero-order valence-electron chi connectivity index (χ0n) is 9.52. The third kappa shape index (κ3) is 15.1. The number of hydrogen-bond acceptors (Lipinski definition) is 0. The molecule has 13 heavy (non-hydrogen) atoms. The van der Waals surface area contributed by atoms with Gasteiger partial charge < -0.3 is 6.58 Å². The van der Waals surface area contributed by atoms with Gasteiger partial charge in [-0.05, 0) is 0 Å².